The van der Waals surface area contributed by atoms with Gasteiger partial charge in [-0.3, -0.25) is 5.41 Å². The van der Waals surface area contributed by atoms with E-state index in [4.69, 9.17) is 11.1 Å². The third-order valence-electron chi connectivity index (χ3n) is 3.75. The van der Waals surface area contributed by atoms with Crippen LogP contribution in [-0.2, 0) is 15.6 Å². The number of carbonyl (C=O) groups is 1. The molecule has 0 unspecified atom stereocenters. The number of nitrogen functional groups attached to an aromatic ring is 1. The summed E-state index contributed by atoms with van der Waals surface area (Å²) in [6.07, 6.45) is 2.01. The molecule has 27 heavy (non-hydrogen) atoms. The average Bonchev–Trinajstić information content (AvgIpc) is 3.38. The number of hydrogen-bond donors (Lipinski definition) is 5. The van der Waals surface area contributed by atoms with E-state index in [-0.39, 0.29) is 29.4 Å². The van der Waals surface area contributed by atoms with E-state index in [1.54, 1.807) is 24.3 Å². The molecule has 0 atom stereocenters. The fraction of sp³-hybridized carbons (Fsp3) is 0.250. The SMILES string of the molecule is N=C(S)S(=O)(=O)Cc1cc(N)nc(-c2ccc(NC(=O)NC3CC3)cc2)n1. The summed E-state index contributed by atoms with van der Waals surface area (Å²) in [5.41, 5.74) is 7.13. The predicted octanol–water partition coefficient (Wildman–Crippen LogP) is 1.79. The zero-order chi connectivity index (χ0) is 19.6. The lowest BCUT2D eigenvalue weighted by Gasteiger charge is -2.09. The van der Waals surface area contributed by atoms with Gasteiger partial charge in [0.2, 0.25) is 9.84 Å². The summed E-state index contributed by atoms with van der Waals surface area (Å²) in [5, 5.41) is 12.8. The second-order valence-electron chi connectivity index (χ2n) is 6.12. The number of thiol groups is 1. The van der Waals surface area contributed by atoms with Crippen LogP contribution < -0.4 is 16.4 Å². The first kappa shape index (κ1) is 19.1. The van der Waals surface area contributed by atoms with Crippen molar-refractivity contribution in [1.82, 2.24) is 15.3 Å². The van der Waals surface area contributed by atoms with Gasteiger partial charge in [-0.05, 0) is 37.1 Å². The van der Waals surface area contributed by atoms with Crippen LogP contribution in [0, 0.1) is 5.41 Å². The number of nitrogens with zero attached hydrogens (tertiary/aromatic N) is 2. The number of nitrogens with two attached hydrogens (primary N) is 1. The van der Waals surface area contributed by atoms with Gasteiger partial charge in [0.15, 0.2) is 10.2 Å². The molecule has 0 spiro atoms. The van der Waals surface area contributed by atoms with Gasteiger partial charge in [0, 0.05) is 23.4 Å². The lowest BCUT2D eigenvalue weighted by Crippen LogP contribution is -2.30. The van der Waals surface area contributed by atoms with Crippen molar-refractivity contribution in [1.29, 1.82) is 5.41 Å². The van der Waals surface area contributed by atoms with E-state index in [1.165, 1.54) is 6.07 Å². The average molecular weight is 406 g/mol. The number of amides is 2. The largest absolute Gasteiger partial charge is 0.384 e. The van der Waals surface area contributed by atoms with Crippen LogP contribution in [-0.4, -0.2) is 34.8 Å². The molecule has 1 aliphatic rings. The maximum atomic E-state index is 11.8. The van der Waals surface area contributed by atoms with Crippen LogP contribution in [0.1, 0.15) is 18.5 Å². The van der Waals surface area contributed by atoms with Gasteiger partial charge < -0.3 is 16.4 Å². The number of benzene rings is 1. The molecule has 1 aliphatic carbocycles. The van der Waals surface area contributed by atoms with Crippen LogP contribution in [0.2, 0.25) is 0 Å². The van der Waals surface area contributed by atoms with E-state index < -0.39 is 20.0 Å². The minimum absolute atomic E-state index is 0.113. The van der Waals surface area contributed by atoms with Crippen LogP contribution >= 0.6 is 12.6 Å². The van der Waals surface area contributed by atoms with Crippen LogP contribution in [0.5, 0.6) is 0 Å². The quantitative estimate of drug-likeness (QED) is 0.290. The molecule has 1 aromatic carbocycles. The summed E-state index contributed by atoms with van der Waals surface area (Å²) in [6.45, 7) is 0. The second kappa shape index (κ2) is 7.53. The van der Waals surface area contributed by atoms with Crippen molar-refractivity contribution in [2.75, 3.05) is 11.1 Å². The minimum Gasteiger partial charge on any atom is -0.384 e. The molecule has 1 heterocycles. The highest BCUT2D eigenvalue weighted by Crippen LogP contribution is 2.22. The molecule has 2 aromatic rings. The molecular weight excluding hydrogens is 388 g/mol. The Morgan fingerprint density at radius 1 is 1.26 bits per heavy atom. The Morgan fingerprint density at radius 3 is 2.52 bits per heavy atom. The number of sulfone groups is 1. The first-order valence-corrected chi connectivity index (χ1v) is 10.1. The van der Waals surface area contributed by atoms with Crippen LogP contribution in [0.15, 0.2) is 30.3 Å². The summed E-state index contributed by atoms with van der Waals surface area (Å²) in [4.78, 5) is 20.1. The number of rotatable bonds is 5. The van der Waals surface area contributed by atoms with Gasteiger partial charge >= 0.3 is 6.03 Å². The van der Waals surface area contributed by atoms with Crippen molar-refractivity contribution in [2.24, 2.45) is 0 Å². The summed E-state index contributed by atoms with van der Waals surface area (Å²) in [5.74, 6) is -0.127. The van der Waals surface area contributed by atoms with E-state index in [9.17, 15) is 13.2 Å². The number of carbonyl (C=O) groups excluding carboxylic acids is 1. The number of hydrogen-bond acceptors (Lipinski definition) is 7. The second-order valence-corrected chi connectivity index (χ2v) is 8.80. The van der Waals surface area contributed by atoms with E-state index in [0.29, 0.717) is 11.3 Å². The molecule has 2 amide bonds. The Morgan fingerprint density at radius 2 is 1.93 bits per heavy atom. The first-order chi connectivity index (χ1) is 12.7. The molecule has 0 aliphatic heterocycles. The number of urea groups is 1. The van der Waals surface area contributed by atoms with Gasteiger partial charge in [-0.1, -0.05) is 0 Å². The lowest BCUT2D eigenvalue weighted by atomic mass is 10.2. The van der Waals surface area contributed by atoms with Crippen LogP contribution in [0.3, 0.4) is 0 Å². The Kier molecular flexibility index (Phi) is 5.33. The Hall–Kier alpha value is -2.66. The molecule has 0 bridgehead atoms. The molecule has 1 fully saturated rings. The van der Waals surface area contributed by atoms with Crippen molar-refractivity contribution in [3.63, 3.8) is 0 Å². The molecule has 142 valence electrons. The summed E-state index contributed by atoms with van der Waals surface area (Å²) < 4.78 is 22.9. The first-order valence-electron chi connectivity index (χ1n) is 8.04. The Balaban J connectivity index is 1.77. The van der Waals surface area contributed by atoms with Crippen molar-refractivity contribution in [3.05, 3.63) is 36.0 Å². The summed E-state index contributed by atoms with van der Waals surface area (Å²) in [6, 6.07) is 8.12. The molecule has 5 N–H and O–H groups in total. The Labute approximate surface area is 161 Å². The molecule has 3 rings (SSSR count). The van der Waals surface area contributed by atoms with Crippen molar-refractivity contribution < 1.29 is 13.2 Å². The van der Waals surface area contributed by atoms with Gasteiger partial charge in [0.05, 0.1) is 11.4 Å². The van der Waals surface area contributed by atoms with Gasteiger partial charge in [-0.15, -0.1) is 12.6 Å². The van der Waals surface area contributed by atoms with Gasteiger partial charge in [-0.25, -0.2) is 23.2 Å². The number of nitrogens with one attached hydrogen (secondary N) is 3. The third kappa shape index (κ3) is 5.17. The third-order valence-corrected chi connectivity index (χ3v) is 5.84. The van der Waals surface area contributed by atoms with Gasteiger partial charge in [-0.2, -0.15) is 0 Å². The van der Waals surface area contributed by atoms with E-state index >= 15 is 0 Å². The topological polar surface area (TPSA) is 151 Å². The summed E-state index contributed by atoms with van der Waals surface area (Å²) in [7, 11) is -3.84. The van der Waals surface area contributed by atoms with Gasteiger partial charge in [0.1, 0.15) is 5.82 Å². The monoisotopic (exact) mass is 406 g/mol. The molecular formula is C16H18N6O3S2. The molecule has 0 saturated heterocycles. The smallest absolute Gasteiger partial charge is 0.319 e. The van der Waals surface area contributed by atoms with E-state index in [1.807, 2.05) is 0 Å². The Bertz CT molecular complexity index is 988. The zero-order valence-electron chi connectivity index (χ0n) is 14.1. The zero-order valence-corrected chi connectivity index (χ0v) is 15.8. The lowest BCUT2D eigenvalue weighted by molar-refractivity contribution is 0.251. The standard InChI is InChI=1S/C16H18N6O3S2/c17-13-7-12(8-27(24,25)15(18)26)19-14(22-13)9-1-3-10(4-2-9)20-16(23)21-11-5-6-11/h1-4,7,11H,5-6,8H2,(H2,18,26)(H2,17,19,22)(H2,20,21,23). The summed E-state index contributed by atoms with van der Waals surface area (Å²) >= 11 is 3.57. The predicted molar refractivity (Wildman–Crippen MR) is 106 cm³/mol. The highest BCUT2D eigenvalue weighted by Gasteiger charge is 2.23. The molecule has 0 radical (unpaired) electrons. The molecule has 9 nitrogen and oxygen atoms in total. The highest BCUT2D eigenvalue weighted by atomic mass is 32.2. The minimum atomic E-state index is -3.84. The van der Waals surface area contributed by atoms with Crippen molar-refractivity contribution in [2.45, 2.75) is 24.6 Å². The molecule has 1 saturated carbocycles. The van der Waals surface area contributed by atoms with Crippen molar-refractivity contribution >= 4 is 44.4 Å². The van der Waals surface area contributed by atoms with E-state index in [2.05, 4.69) is 33.2 Å². The normalized spacial score (nSPS) is 13.8. The number of anilines is 2. The van der Waals surface area contributed by atoms with Crippen molar-refractivity contribution in [3.8, 4) is 11.4 Å². The highest BCUT2D eigenvalue weighted by molar-refractivity contribution is 8.27. The maximum Gasteiger partial charge on any atom is 0.319 e. The molecule has 11 heteroatoms. The van der Waals surface area contributed by atoms with E-state index in [0.717, 1.165) is 12.8 Å². The van der Waals surface area contributed by atoms with Gasteiger partial charge in [0.25, 0.3) is 0 Å². The van der Waals surface area contributed by atoms with Crippen LogP contribution in [0.25, 0.3) is 11.4 Å². The fourth-order valence-corrected chi connectivity index (χ4v) is 3.14. The maximum absolute atomic E-state index is 11.8. The molecule has 1 aromatic heterocycles. The van der Waals surface area contributed by atoms with Crippen LogP contribution in [0.4, 0.5) is 16.3 Å². The number of aromatic nitrogens is 2. The fourth-order valence-electron chi connectivity index (χ4n) is 2.27.